The van der Waals surface area contributed by atoms with Gasteiger partial charge in [-0.25, -0.2) is 0 Å². The van der Waals surface area contributed by atoms with Crippen LogP contribution >= 0.6 is 0 Å². The maximum Gasteiger partial charge on any atom is 0.306 e. The van der Waals surface area contributed by atoms with Gasteiger partial charge in [-0.1, -0.05) is 304 Å². The lowest BCUT2D eigenvalue weighted by Crippen LogP contribution is -2.30. The largest absolute Gasteiger partial charge is 0.462 e. The third-order valence-corrected chi connectivity index (χ3v) is 14.5. The maximum absolute atomic E-state index is 13.0. The Labute approximate surface area is 495 Å². The van der Waals surface area contributed by atoms with E-state index in [0.29, 0.717) is 19.3 Å². The molecule has 0 aliphatic heterocycles. The smallest absolute Gasteiger partial charge is 0.306 e. The van der Waals surface area contributed by atoms with Crippen molar-refractivity contribution in [3.8, 4) is 0 Å². The van der Waals surface area contributed by atoms with Gasteiger partial charge in [-0.15, -0.1) is 0 Å². The van der Waals surface area contributed by atoms with Crippen LogP contribution in [0.15, 0.2) is 109 Å². The van der Waals surface area contributed by atoms with E-state index in [4.69, 9.17) is 14.2 Å². The van der Waals surface area contributed by atoms with Crippen LogP contribution < -0.4 is 0 Å². The molecule has 458 valence electrons. The SMILES string of the molecule is CC/C=C\C/C=C\C/C=C\C/C=C\C/C=C\C/C=C\CCCCCCC(=O)OCC(COC(=O)CCCCCCCCCCCCCCCCCC)OC(=O)CCCCCCCCCC/C=C\C/C=C\C/C=C\CCCCCCC. The summed E-state index contributed by atoms with van der Waals surface area (Å²) < 4.78 is 17.0. The van der Waals surface area contributed by atoms with Gasteiger partial charge in [-0.3, -0.25) is 14.4 Å². The second kappa shape index (κ2) is 67.6. The lowest BCUT2D eigenvalue weighted by atomic mass is 10.0. The summed E-state index contributed by atoms with van der Waals surface area (Å²) in [6.45, 7) is 6.52. The van der Waals surface area contributed by atoms with Crippen molar-refractivity contribution in [3.05, 3.63) is 109 Å². The van der Waals surface area contributed by atoms with Crippen LogP contribution in [0.5, 0.6) is 0 Å². The average molecular weight is 1110 g/mol. The van der Waals surface area contributed by atoms with E-state index in [9.17, 15) is 14.4 Å². The van der Waals surface area contributed by atoms with Gasteiger partial charge in [-0.05, 0) is 109 Å². The van der Waals surface area contributed by atoms with E-state index >= 15 is 0 Å². The summed E-state index contributed by atoms with van der Waals surface area (Å²) in [4.78, 5) is 38.4. The third kappa shape index (κ3) is 64.9. The van der Waals surface area contributed by atoms with Crippen molar-refractivity contribution in [2.45, 2.75) is 329 Å². The molecule has 0 aromatic heterocycles. The summed E-state index contributed by atoms with van der Waals surface area (Å²) in [5.74, 6) is -0.909. The fourth-order valence-electron chi connectivity index (χ4n) is 9.45. The molecule has 1 unspecified atom stereocenters. The topological polar surface area (TPSA) is 78.9 Å². The monoisotopic (exact) mass is 1110 g/mol. The van der Waals surface area contributed by atoms with Crippen LogP contribution in [-0.4, -0.2) is 37.2 Å². The number of carbonyl (C=O) groups is 3. The zero-order chi connectivity index (χ0) is 57.8. The van der Waals surface area contributed by atoms with Gasteiger partial charge in [0, 0.05) is 19.3 Å². The fourth-order valence-corrected chi connectivity index (χ4v) is 9.45. The molecule has 0 saturated carbocycles. The van der Waals surface area contributed by atoms with Crippen LogP contribution in [0.25, 0.3) is 0 Å². The molecule has 0 N–H and O–H groups in total. The van der Waals surface area contributed by atoms with Crippen LogP contribution in [-0.2, 0) is 28.6 Å². The number of unbranched alkanes of at least 4 members (excludes halogenated alkanes) is 32. The minimum absolute atomic E-state index is 0.0879. The van der Waals surface area contributed by atoms with E-state index in [1.54, 1.807) is 0 Å². The van der Waals surface area contributed by atoms with Crippen molar-refractivity contribution < 1.29 is 28.6 Å². The van der Waals surface area contributed by atoms with E-state index in [2.05, 4.69) is 130 Å². The molecule has 0 fully saturated rings. The van der Waals surface area contributed by atoms with Crippen LogP contribution in [0.4, 0.5) is 0 Å². The molecule has 0 bridgehead atoms. The van der Waals surface area contributed by atoms with Gasteiger partial charge in [0.15, 0.2) is 6.10 Å². The highest BCUT2D eigenvalue weighted by atomic mass is 16.6. The van der Waals surface area contributed by atoms with Crippen LogP contribution in [0, 0.1) is 0 Å². The highest BCUT2D eigenvalue weighted by Gasteiger charge is 2.19. The molecule has 6 nitrogen and oxygen atoms in total. The van der Waals surface area contributed by atoms with Crippen LogP contribution in [0.1, 0.15) is 323 Å². The predicted octanol–water partition coefficient (Wildman–Crippen LogP) is 23.4. The number of esters is 3. The quantitative estimate of drug-likeness (QED) is 0.0261. The van der Waals surface area contributed by atoms with E-state index in [-0.39, 0.29) is 31.1 Å². The van der Waals surface area contributed by atoms with E-state index in [1.165, 1.54) is 154 Å². The first kappa shape index (κ1) is 76.1. The van der Waals surface area contributed by atoms with Gasteiger partial charge in [-0.2, -0.15) is 0 Å². The normalized spacial score (nSPS) is 12.8. The van der Waals surface area contributed by atoms with E-state index in [0.717, 1.165) is 128 Å². The Morgan fingerprint density at radius 3 is 0.762 bits per heavy atom. The van der Waals surface area contributed by atoms with Crippen molar-refractivity contribution in [2.75, 3.05) is 13.2 Å². The summed E-state index contributed by atoms with van der Waals surface area (Å²) in [5.41, 5.74) is 0. The number of hydrogen-bond donors (Lipinski definition) is 0. The number of rotatable bonds is 61. The lowest BCUT2D eigenvalue weighted by molar-refractivity contribution is -0.167. The summed E-state index contributed by atoms with van der Waals surface area (Å²) in [7, 11) is 0. The van der Waals surface area contributed by atoms with E-state index < -0.39 is 6.10 Å². The Morgan fingerprint density at radius 1 is 0.263 bits per heavy atom. The molecule has 0 aliphatic carbocycles. The molecule has 6 heteroatoms. The van der Waals surface area contributed by atoms with Gasteiger partial charge in [0.05, 0.1) is 0 Å². The molecule has 0 saturated heterocycles. The van der Waals surface area contributed by atoms with Gasteiger partial charge < -0.3 is 14.2 Å². The average Bonchev–Trinajstić information content (AvgIpc) is 3.46. The van der Waals surface area contributed by atoms with Gasteiger partial charge in [0.25, 0.3) is 0 Å². The summed E-state index contributed by atoms with van der Waals surface area (Å²) in [6.07, 6.45) is 92.3. The van der Waals surface area contributed by atoms with Gasteiger partial charge >= 0.3 is 17.9 Å². The molecule has 0 heterocycles. The Kier molecular flexibility index (Phi) is 64.3. The number of hydrogen-bond acceptors (Lipinski definition) is 6. The zero-order valence-electron chi connectivity index (χ0n) is 52.6. The first-order valence-corrected chi connectivity index (χ1v) is 33.9. The minimum Gasteiger partial charge on any atom is -0.462 e. The number of allylic oxidation sites excluding steroid dienone is 18. The highest BCUT2D eigenvalue weighted by Crippen LogP contribution is 2.16. The second-order valence-corrected chi connectivity index (χ2v) is 22.4. The van der Waals surface area contributed by atoms with Crippen molar-refractivity contribution >= 4 is 17.9 Å². The summed E-state index contributed by atoms with van der Waals surface area (Å²) in [6, 6.07) is 0. The molecule has 1 atom stereocenters. The maximum atomic E-state index is 13.0. The molecule has 0 aromatic rings. The summed E-state index contributed by atoms with van der Waals surface area (Å²) in [5, 5.41) is 0. The molecule has 0 aromatic carbocycles. The van der Waals surface area contributed by atoms with Crippen LogP contribution in [0.2, 0.25) is 0 Å². The Morgan fingerprint density at radius 2 is 0.487 bits per heavy atom. The Balaban J connectivity index is 4.44. The molecule has 0 rings (SSSR count). The fraction of sp³-hybridized carbons (Fsp3) is 0.716. The molecular weight excluding hydrogens is 985 g/mol. The lowest BCUT2D eigenvalue weighted by Gasteiger charge is -2.18. The second-order valence-electron chi connectivity index (χ2n) is 22.4. The van der Waals surface area contributed by atoms with Crippen molar-refractivity contribution in [1.82, 2.24) is 0 Å². The number of ether oxygens (including phenoxy) is 3. The molecule has 0 aliphatic rings. The molecule has 80 heavy (non-hydrogen) atoms. The molecular formula is C74H126O6. The zero-order valence-corrected chi connectivity index (χ0v) is 52.6. The minimum atomic E-state index is -0.795. The van der Waals surface area contributed by atoms with E-state index in [1.807, 2.05) is 0 Å². The first-order chi connectivity index (χ1) is 39.5. The van der Waals surface area contributed by atoms with Gasteiger partial charge in [0.1, 0.15) is 13.2 Å². The Bertz CT molecular complexity index is 1610. The number of carbonyl (C=O) groups excluding carboxylic acids is 3. The van der Waals surface area contributed by atoms with Crippen molar-refractivity contribution in [2.24, 2.45) is 0 Å². The third-order valence-electron chi connectivity index (χ3n) is 14.5. The standard InChI is InChI=1S/C74H126O6/c1-4-7-10-13-16-19-22-25-28-31-33-35-37-39-41-43-46-49-52-55-58-61-64-67-73(76)79-70-71(69-78-72(75)66-63-60-57-54-51-48-45-30-27-24-21-18-15-12-9-6-3)80-74(77)68-65-62-59-56-53-50-47-44-42-40-38-36-34-32-29-26-23-20-17-14-11-8-5-2/h7,10,16,19,23,25-26,28,32-35,38-41,46,49,71H,4-6,8-9,11-15,17-18,20-22,24,27,29-31,36-37,42-45,47-48,50-70H2,1-3H3/b10-7-,19-16-,26-23-,28-25-,34-32-,35-33-,40-38-,41-39-,49-46-. The molecule has 0 radical (unpaired) electrons. The predicted molar refractivity (Wildman–Crippen MR) is 348 cm³/mol. The molecule has 0 amide bonds. The molecule has 0 spiro atoms. The highest BCUT2D eigenvalue weighted by molar-refractivity contribution is 5.71. The summed E-state index contributed by atoms with van der Waals surface area (Å²) >= 11 is 0. The van der Waals surface area contributed by atoms with Crippen LogP contribution in [0.3, 0.4) is 0 Å². The first-order valence-electron chi connectivity index (χ1n) is 33.9. The Hall–Kier alpha value is -3.93. The van der Waals surface area contributed by atoms with Crippen molar-refractivity contribution in [3.63, 3.8) is 0 Å². The van der Waals surface area contributed by atoms with Crippen molar-refractivity contribution in [1.29, 1.82) is 0 Å². The van der Waals surface area contributed by atoms with Gasteiger partial charge in [0.2, 0.25) is 0 Å².